The van der Waals surface area contributed by atoms with Gasteiger partial charge in [-0.15, -0.1) is 0 Å². The number of nitrogens with one attached hydrogen (secondary N) is 1. The quantitative estimate of drug-likeness (QED) is 0.0195. The molecule has 0 radical (unpaired) electrons. The van der Waals surface area contributed by atoms with Crippen LogP contribution in [0, 0.1) is 0 Å². The summed E-state index contributed by atoms with van der Waals surface area (Å²) < 4.78 is 16.7. The monoisotopic (exact) mass is 1080 g/mol. The van der Waals surface area contributed by atoms with E-state index in [-0.39, 0.29) is 18.5 Å². The van der Waals surface area contributed by atoms with Gasteiger partial charge in [0.05, 0.1) is 32.0 Å². The fourth-order valence-electron chi connectivity index (χ4n) is 10.4. The van der Waals surface area contributed by atoms with Crippen molar-refractivity contribution in [3.8, 4) is 0 Å². The first-order valence-electron chi connectivity index (χ1n) is 32.6. The summed E-state index contributed by atoms with van der Waals surface area (Å²) in [5, 5.41) is 54.2. The summed E-state index contributed by atoms with van der Waals surface area (Å²) in [6.45, 7) is 4.30. The Labute approximate surface area is 467 Å². The van der Waals surface area contributed by atoms with Crippen LogP contribution in [0.25, 0.3) is 0 Å². The second-order valence-electron chi connectivity index (χ2n) is 22.8. The van der Waals surface area contributed by atoms with Crippen LogP contribution in [0.5, 0.6) is 0 Å². The van der Waals surface area contributed by atoms with E-state index in [1.807, 2.05) is 6.08 Å². The van der Waals surface area contributed by atoms with Gasteiger partial charge < -0.3 is 45.1 Å². The van der Waals surface area contributed by atoms with Crippen LogP contribution in [-0.4, -0.2) is 100 Å². The van der Waals surface area contributed by atoms with Crippen LogP contribution >= 0.6 is 0 Å². The van der Waals surface area contributed by atoms with Gasteiger partial charge in [0, 0.05) is 12.8 Å². The maximum atomic E-state index is 13.0. The standard InChI is InChI=1S/C65H123NO10/c1-3-5-7-9-11-13-32-37-41-45-49-53-61(70)74-54-50-46-42-38-34-31-29-27-25-23-21-19-17-15-14-16-18-20-22-24-26-28-30-33-36-40-44-48-52-60(69)66-57(58(68)51-47-43-39-35-12-10-8-6-4-2)56-75-65-64(73)63(72)62(71)59(55-67)76-65/h12,35,47,51,57-59,62-65,67-68,71-73H,3-11,13-34,36-46,48-50,52-56H2,1-2H3,(H,66,69)/b35-12+,51-47+. The predicted molar refractivity (Wildman–Crippen MR) is 315 cm³/mol. The molecule has 1 rings (SSSR count). The number of aliphatic hydroxyl groups is 5. The summed E-state index contributed by atoms with van der Waals surface area (Å²) in [7, 11) is 0. The van der Waals surface area contributed by atoms with Gasteiger partial charge in [0.15, 0.2) is 6.29 Å². The topological polar surface area (TPSA) is 175 Å². The Morgan fingerprint density at radius 3 is 1.30 bits per heavy atom. The van der Waals surface area contributed by atoms with Crippen molar-refractivity contribution < 1.29 is 49.3 Å². The van der Waals surface area contributed by atoms with Gasteiger partial charge in [-0.25, -0.2) is 0 Å². The van der Waals surface area contributed by atoms with Crippen LogP contribution in [0.4, 0.5) is 0 Å². The van der Waals surface area contributed by atoms with Crippen LogP contribution in [0.2, 0.25) is 0 Å². The fraction of sp³-hybridized carbons (Fsp3) is 0.908. The minimum atomic E-state index is -1.57. The van der Waals surface area contributed by atoms with Crippen molar-refractivity contribution in [1.29, 1.82) is 0 Å². The molecule has 1 aliphatic rings. The number of aliphatic hydroxyl groups excluding tert-OH is 5. The third-order valence-corrected chi connectivity index (χ3v) is 15.6. The molecule has 6 N–H and O–H groups in total. The number of hydrogen-bond donors (Lipinski definition) is 6. The molecule has 0 aliphatic carbocycles. The van der Waals surface area contributed by atoms with Gasteiger partial charge in [-0.2, -0.15) is 0 Å². The molecule has 1 aliphatic heterocycles. The molecule has 0 bridgehead atoms. The van der Waals surface area contributed by atoms with Crippen molar-refractivity contribution in [2.45, 2.75) is 358 Å². The molecule has 11 nitrogen and oxygen atoms in total. The predicted octanol–water partition coefficient (Wildman–Crippen LogP) is 15.7. The Balaban J connectivity index is 1.94. The van der Waals surface area contributed by atoms with Gasteiger partial charge >= 0.3 is 5.97 Å². The van der Waals surface area contributed by atoms with E-state index >= 15 is 0 Å². The normalized spacial score (nSPS) is 18.8. The fourth-order valence-corrected chi connectivity index (χ4v) is 10.4. The third-order valence-electron chi connectivity index (χ3n) is 15.6. The molecule has 1 fully saturated rings. The molecule has 1 saturated heterocycles. The molecular weight excluding hydrogens is 955 g/mol. The number of unbranched alkanes of at least 4 members (excludes halogenated alkanes) is 41. The number of carbonyl (C=O) groups is 2. The number of rotatable bonds is 57. The molecule has 448 valence electrons. The Hall–Kier alpha value is -1.86. The van der Waals surface area contributed by atoms with E-state index in [0.717, 1.165) is 51.4 Å². The van der Waals surface area contributed by atoms with E-state index in [1.54, 1.807) is 6.08 Å². The summed E-state index contributed by atoms with van der Waals surface area (Å²) in [5.41, 5.74) is 0. The highest BCUT2D eigenvalue weighted by molar-refractivity contribution is 5.76. The first-order chi connectivity index (χ1) is 37.2. The van der Waals surface area contributed by atoms with Gasteiger partial charge in [-0.1, -0.05) is 282 Å². The summed E-state index contributed by atoms with van der Waals surface area (Å²) in [6.07, 6.45) is 57.5. The molecule has 0 aromatic carbocycles. The Morgan fingerprint density at radius 1 is 0.474 bits per heavy atom. The van der Waals surface area contributed by atoms with Crippen LogP contribution in [0.15, 0.2) is 24.3 Å². The number of allylic oxidation sites excluding steroid dienone is 3. The molecule has 0 aromatic rings. The van der Waals surface area contributed by atoms with E-state index in [0.29, 0.717) is 19.4 Å². The first-order valence-corrected chi connectivity index (χ1v) is 32.6. The summed E-state index contributed by atoms with van der Waals surface area (Å²) in [6, 6.07) is -0.823. The Kier molecular flexibility index (Phi) is 52.3. The van der Waals surface area contributed by atoms with Crippen LogP contribution in [0.1, 0.15) is 316 Å². The third kappa shape index (κ3) is 44.0. The largest absolute Gasteiger partial charge is 0.466 e. The van der Waals surface area contributed by atoms with Crippen molar-refractivity contribution in [3.63, 3.8) is 0 Å². The lowest BCUT2D eigenvalue weighted by Gasteiger charge is -2.40. The maximum absolute atomic E-state index is 13.0. The van der Waals surface area contributed by atoms with Crippen LogP contribution < -0.4 is 5.32 Å². The highest BCUT2D eigenvalue weighted by atomic mass is 16.7. The number of ether oxygens (including phenoxy) is 3. The zero-order valence-corrected chi connectivity index (χ0v) is 49.5. The van der Waals surface area contributed by atoms with E-state index in [2.05, 4.69) is 31.3 Å². The molecule has 0 saturated carbocycles. The summed E-state index contributed by atoms with van der Waals surface area (Å²) >= 11 is 0. The van der Waals surface area contributed by atoms with Crippen LogP contribution in [-0.2, 0) is 23.8 Å². The van der Waals surface area contributed by atoms with Crippen molar-refractivity contribution in [1.82, 2.24) is 5.32 Å². The van der Waals surface area contributed by atoms with E-state index in [4.69, 9.17) is 14.2 Å². The van der Waals surface area contributed by atoms with E-state index < -0.39 is 49.5 Å². The molecular formula is C65H123NO10. The van der Waals surface area contributed by atoms with E-state index in [1.165, 1.54) is 238 Å². The second kappa shape index (κ2) is 55.1. The van der Waals surface area contributed by atoms with Crippen molar-refractivity contribution in [2.75, 3.05) is 19.8 Å². The van der Waals surface area contributed by atoms with E-state index in [9.17, 15) is 35.1 Å². The molecule has 0 aromatic heterocycles. The highest BCUT2D eigenvalue weighted by Gasteiger charge is 2.44. The number of amides is 1. The second-order valence-corrected chi connectivity index (χ2v) is 22.8. The zero-order valence-electron chi connectivity index (χ0n) is 49.5. The molecule has 7 unspecified atom stereocenters. The molecule has 1 amide bonds. The molecule has 76 heavy (non-hydrogen) atoms. The highest BCUT2D eigenvalue weighted by Crippen LogP contribution is 2.23. The number of hydrogen-bond acceptors (Lipinski definition) is 10. The maximum Gasteiger partial charge on any atom is 0.305 e. The molecule has 1 heterocycles. The lowest BCUT2D eigenvalue weighted by Crippen LogP contribution is -2.60. The zero-order chi connectivity index (χ0) is 55.2. The van der Waals surface area contributed by atoms with Gasteiger partial charge in [-0.05, 0) is 44.9 Å². The van der Waals surface area contributed by atoms with Gasteiger partial charge in [0.1, 0.15) is 24.4 Å². The Bertz CT molecular complexity index is 1310. The van der Waals surface area contributed by atoms with Gasteiger partial charge in [-0.3, -0.25) is 9.59 Å². The lowest BCUT2D eigenvalue weighted by atomic mass is 9.99. The smallest absolute Gasteiger partial charge is 0.305 e. The molecule has 11 heteroatoms. The average Bonchev–Trinajstić information content (AvgIpc) is 3.42. The molecule has 7 atom stereocenters. The number of carbonyl (C=O) groups excluding carboxylic acids is 2. The minimum Gasteiger partial charge on any atom is -0.466 e. The van der Waals surface area contributed by atoms with Gasteiger partial charge in [0.25, 0.3) is 0 Å². The SMILES string of the molecule is CCCCC/C=C/CC/C=C/C(O)C(COC1OC(CO)C(O)C(O)C1O)NC(=O)CCCCCCCCCCCCCCCCCCCCCCCCCCCCCCOC(=O)CCCCCCCCCCCCC. The van der Waals surface area contributed by atoms with Crippen molar-refractivity contribution in [2.24, 2.45) is 0 Å². The van der Waals surface area contributed by atoms with Gasteiger partial charge in [0.2, 0.25) is 5.91 Å². The summed E-state index contributed by atoms with van der Waals surface area (Å²) in [5.74, 6) is -0.181. The first kappa shape index (κ1) is 72.2. The minimum absolute atomic E-state index is 0.00926. The van der Waals surface area contributed by atoms with Crippen LogP contribution in [0.3, 0.4) is 0 Å². The Morgan fingerprint density at radius 2 is 0.855 bits per heavy atom. The average molecular weight is 1080 g/mol. The summed E-state index contributed by atoms with van der Waals surface area (Å²) in [4.78, 5) is 25.0. The van der Waals surface area contributed by atoms with Crippen molar-refractivity contribution in [3.05, 3.63) is 24.3 Å². The van der Waals surface area contributed by atoms with Crippen molar-refractivity contribution >= 4 is 11.9 Å². The molecule has 0 spiro atoms. The lowest BCUT2D eigenvalue weighted by molar-refractivity contribution is -0.302. The number of esters is 1.